The number of carbonyl (C=O) groups is 2. The summed E-state index contributed by atoms with van der Waals surface area (Å²) in [4.78, 5) is 33.7. The van der Waals surface area contributed by atoms with Crippen LogP contribution in [-0.2, 0) is 27.4 Å². The van der Waals surface area contributed by atoms with E-state index in [-0.39, 0.29) is 24.3 Å². The number of ether oxygens (including phenoxy) is 3. The fraction of sp³-hybridized carbons (Fsp3) is 0.206. The standard InChI is InChI=1S/C34H35N7O5/c1-20(35)33(43)46-19-21-8-10-23(11-9-21)30-27-7-5-4-6-25(27)18-39-41(30)29(42)13-12-24-14-22(16-28(44-2)31(24)45-3)15-26-17-38-34(37)40-32(26)36/h4-14,16-18,20,30H,15,19,35H2,1-3H3,(H4,36,37,38,40). The predicted octanol–water partition coefficient (Wildman–Crippen LogP) is 3.62. The third-order valence-electron chi connectivity index (χ3n) is 7.41. The summed E-state index contributed by atoms with van der Waals surface area (Å²) in [6.45, 7) is 1.66. The third kappa shape index (κ3) is 6.97. The minimum absolute atomic E-state index is 0.0910. The van der Waals surface area contributed by atoms with Crippen LogP contribution in [0.25, 0.3) is 6.08 Å². The summed E-state index contributed by atoms with van der Waals surface area (Å²) in [5.41, 5.74) is 22.9. The minimum Gasteiger partial charge on any atom is -0.493 e. The number of anilines is 2. The zero-order valence-electron chi connectivity index (χ0n) is 25.7. The quantitative estimate of drug-likeness (QED) is 0.175. The lowest BCUT2D eigenvalue weighted by Crippen LogP contribution is -2.33. The van der Waals surface area contributed by atoms with Gasteiger partial charge in [-0.25, -0.2) is 9.99 Å². The maximum absolute atomic E-state index is 13.8. The lowest BCUT2D eigenvalue weighted by atomic mass is 9.92. The van der Waals surface area contributed by atoms with Gasteiger partial charge in [0.1, 0.15) is 24.5 Å². The zero-order chi connectivity index (χ0) is 32.8. The maximum atomic E-state index is 13.8. The van der Waals surface area contributed by atoms with Gasteiger partial charge in [0.2, 0.25) is 5.95 Å². The second-order valence-electron chi connectivity index (χ2n) is 10.7. The third-order valence-corrected chi connectivity index (χ3v) is 7.41. The van der Waals surface area contributed by atoms with Gasteiger partial charge in [-0.05, 0) is 47.4 Å². The largest absolute Gasteiger partial charge is 0.493 e. The second kappa shape index (κ2) is 13.9. The van der Waals surface area contributed by atoms with Crippen molar-refractivity contribution in [3.63, 3.8) is 0 Å². The molecule has 1 amide bonds. The van der Waals surface area contributed by atoms with E-state index in [1.807, 2.05) is 60.7 Å². The van der Waals surface area contributed by atoms with Gasteiger partial charge in [0.15, 0.2) is 11.5 Å². The van der Waals surface area contributed by atoms with Crippen LogP contribution >= 0.6 is 0 Å². The van der Waals surface area contributed by atoms with Gasteiger partial charge in [-0.1, -0.05) is 48.5 Å². The zero-order valence-corrected chi connectivity index (χ0v) is 25.7. The number of rotatable bonds is 10. The molecule has 6 N–H and O–H groups in total. The average molecular weight is 622 g/mol. The molecule has 0 saturated heterocycles. The number of nitrogens with zero attached hydrogens (tertiary/aromatic N) is 4. The summed E-state index contributed by atoms with van der Waals surface area (Å²) in [6, 6.07) is 17.8. The SMILES string of the molecule is COc1cc(Cc2cnc(N)nc2N)cc(C=CC(=O)N2N=Cc3ccccc3C2c2ccc(COC(=O)C(C)N)cc2)c1OC. The summed E-state index contributed by atoms with van der Waals surface area (Å²) >= 11 is 0. The van der Waals surface area contributed by atoms with Gasteiger partial charge in [0.05, 0.1) is 20.4 Å². The fourth-order valence-electron chi connectivity index (χ4n) is 5.09. The summed E-state index contributed by atoms with van der Waals surface area (Å²) in [5.74, 6) is 0.482. The second-order valence-corrected chi connectivity index (χ2v) is 10.7. The summed E-state index contributed by atoms with van der Waals surface area (Å²) < 4.78 is 16.5. The highest BCUT2D eigenvalue weighted by Crippen LogP contribution is 2.36. The Hall–Kier alpha value is -5.75. The highest BCUT2D eigenvalue weighted by atomic mass is 16.5. The summed E-state index contributed by atoms with van der Waals surface area (Å²) in [5, 5.41) is 5.97. The minimum atomic E-state index is -0.704. The van der Waals surface area contributed by atoms with Crippen molar-refractivity contribution in [1.29, 1.82) is 0 Å². The van der Waals surface area contributed by atoms with Crippen LogP contribution in [0.15, 0.2) is 78.0 Å². The molecular formula is C34H35N7O5. The van der Waals surface area contributed by atoms with Crippen LogP contribution in [0.1, 0.15) is 51.9 Å². The monoisotopic (exact) mass is 621 g/mol. The van der Waals surface area contributed by atoms with E-state index in [1.165, 1.54) is 18.2 Å². The van der Waals surface area contributed by atoms with E-state index in [0.717, 1.165) is 27.8 Å². The first-order valence-electron chi connectivity index (χ1n) is 14.5. The molecule has 0 fully saturated rings. The van der Waals surface area contributed by atoms with Crippen LogP contribution in [0, 0.1) is 0 Å². The number of fused-ring (bicyclic) bond motifs is 1. The molecule has 12 nitrogen and oxygen atoms in total. The van der Waals surface area contributed by atoms with E-state index in [1.54, 1.807) is 32.5 Å². The van der Waals surface area contributed by atoms with Gasteiger partial charge in [-0.15, -0.1) is 0 Å². The molecule has 2 atom stereocenters. The Morgan fingerprint density at radius 1 is 1.02 bits per heavy atom. The summed E-state index contributed by atoms with van der Waals surface area (Å²) in [7, 11) is 3.07. The molecule has 0 spiro atoms. The van der Waals surface area contributed by atoms with Crippen molar-refractivity contribution < 1.29 is 23.8 Å². The van der Waals surface area contributed by atoms with E-state index >= 15 is 0 Å². The van der Waals surface area contributed by atoms with Crippen molar-refractivity contribution in [2.75, 3.05) is 25.7 Å². The van der Waals surface area contributed by atoms with Crippen molar-refractivity contribution in [3.05, 3.63) is 112 Å². The molecule has 2 unspecified atom stereocenters. The van der Waals surface area contributed by atoms with Gasteiger partial charge in [0.25, 0.3) is 5.91 Å². The molecule has 236 valence electrons. The number of hydrogen-bond donors (Lipinski definition) is 3. The Morgan fingerprint density at radius 2 is 1.78 bits per heavy atom. The topological polar surface area (TPSA) is 181 Å². The van der Waals surface area contributed by atoms with E-state index in [2.05, 4.69) is 15.1 Å². The van der Waals surface area contributed by atoms with Gasteiger partial charge in [0, 0.05) is 35.4 Å². The maximum Gasteiger partial charge on any atom is 0.322 e. The molecular weight excluding hydrogens is 586 g/mol. The van der Waals surface area contributed by atoms with Crippen molar-refractivity contribution in [3.8, 4) is 11.5 Å². The van der Waals surface area contributed by atoms with E-state index in [9.17, 15) is 9.59 Å². The van der Waals surface area contributed by atoms with Crippen molar-refractivity contribution >= 4 is 35.9 Å². The molecule has 3 aromatic carbocycles. The first kappa shape index (κ1) is 31.7. The molecule has 46 heavy (non-hydrogen) atoms. The van der Waals surface area contributed by atoms with Gasteiger partial charge in [-0.3, -0.25) is 9.59 Å². The van der Waals surface area contributed by atoms with Crippen LogP contribution < -0.4 is 26.7 Å². The van der Waals surface area contributed by atoms with Crippen molar-refractivity contribution in [2.45, 2.75) is 32.0 Å². The first-order valence-corrected chi connectivity index (χ1v) is 14.5. The molecule has 0 saturated carbocycles. The number of carbonyl (C=O) groups excluding carboxylic acids is 2. The number of amides is 1. The molecule has 2 heterocycles. The molecule has 0 aliphatic carbocycles. The lowest BCUT2D eigenvalue weighted by Gasteiger charge is -2.31. The lowest BCUT2D eigenvalue weighted by molar-refractivity contribution is -0.146. The van der Waals surface area contributed by atoms with E-state index < -0.39 is 18.1 Å². The number of nitrogen functional groups attached to an aromatic ring is 2. The molecule has 0 bridgehead atoms. The predicted molar refractivity (Wildman–Crippen MR) is 175 cm³/mol. The Balaban J connectivity index is 1.44. The molecule has 5 rings (SSSR count). The first-order chi connectivity index (χ1) is 22.2. The Morgan fingerprint density at radius 3 is 2.48 bits per heavy atom. The van der Waals surface area contributed by atoms with E-state index in [0.29, 0.717) is 29.0 Å². The van der Waals surface area contributed by atoms with Gasteiger partial charge in [-0.2, -0.15) is 10.1 Å². The number of benzene rings is 3. The van der Waals surface area contributed by atoms with Crippen LogP contribution in [-0.4, -0.2) is 53.3 Å². The number of nitrogens with two attached hydrogens (primary N) is 3. The number of aromatic nitrogens is 2. The Bertz CT molecular complexity index is 1800. The molecule has 1 aliphatic heterocycles. The molecule has 1 aliphatic rings. The van der Waals surface area contributed by atoms with Crippen molar-refractivity contribution in [2.24, 2.45) is 10.8 Å². The summed E-state index contributed by atoms with van der Waals surface area (Å²) in [6.07, 6.45) is 6.76. The Labute approximate surface area is 266 Å². The average Bonchev–Trinajstić information content (AvgIpc) is 3.06. The number of hydrazone groups is 1. The molecule has 12 heteroatoms. The number of esters is 1. The highest BCUT2D eigenvalue weighted by molar-refractivity contribution is 5.95. The Kier molecular flexibility index (Phi) is 9.58. The fourth-order valence-corrected chi connectivity index (χ4v) is 5.09. The van der Waals surface area contributed by atoms with Crippen molar-refractivity contribution in [1.82, 2.24) is 15.0 Å². The highest BCUT2D eigenvalue weighted by Gasteiger charge is 2.30. The van der Waals surface area contributed by atoms with Gasteiger partial charge >= 0.3 is 5.97 Å². The molecule has 0 radical (unpaired) electrons. The number of hydrogen-bond acceptors (Lipinski definition) is 11. The van der Waals surface area contributed by atoms with Crippen LogP contribution in [0.2, 0.25) is 0 Å². The van der Waals surface area contributed by atoms with Crippen LogP contribution in [0.5, 0.6) is 11.5 Å². The van der Waals surface area contributed by atoms with Gasteiger partial charge < -0.3 is 31.4 Å². The van der Waals surface area contributed by atoms with E-state index in [4.69, 9.17) is 31.4 Å². The van der Waals surface area contributed by atoms with Crippen LogP contribution in [0.3, 0.4) is 0 Å². The normalized spacial score (nSPS) is 14.5. The van der Waals surface area contributed by atoms with Crippen LogP contribution in [0.4, 0.5) is 11.8 Å². The molecule has 4 aromatic rings. The number of methoxy groups -OCH3 is 2. The smallest absolute Gasteiger partial charge is 0.322 e. The molecule has 1 aromatic heterocycles.